The number of aliphatic imine (C=N–C) groups is 1. The van der Waals surface area contributed by atoms with Gasteiger partial charge in [-0.2, -0.15) is 5.26 Å². The molecule has 0 spiro atoms. The van der Waals surface area contributed by atoms with Crippen LogP contribution in [0.25, 0.3) is 10.1 Å². The molecule has 92 valence electrons. The lowest BCUT2D eigenvalue weighted by Gasteiger charge is -2.00. The first-order chi connectivity index (χ1) is 8.54. The van der Waals surface area contributed by atoms with Crippen LogP contribution >= 0.6 is 27.3 Å². The summed E-state index contributed by atoms with van der Waals surface area (Å²) in [5.74, 6) is -0.332. The highest BCUT2D eigenvalue weighted by molar-refractivity contribution is 9.10. The van der Waals surface area contributed by atoms with Crippen LogP contribution in [0.15, 0.2) is 21.6 Å². The Bertz CT molecular complexity index is 670. The van der Waals surface area contributed by atoms with Crippen LogP contribution in [0.5, 0.6) is 0 Å². The summed E-state index contributed by atoms with van der Waals surface area (Å²) in [4.78, 5) is 5.97. The molecule has 1 aromatic carbocycles. The fraction of sp³-hybridized carbons (Fsp3) is 0.167. The molecule has 3 nitrogen and oxygen atoms in total. The van der Waals surface area contributed by atoms with Crippen LogP contribution in [0.1, 0.15) is 5.56 Å². The molecule has 18 heavy (non-hydrogen) atoms. The first-order valence-corrected chi connectivity index (χ1v) is 6.66. The molecule has 0 amide bonds. The Hall–Kier alpha value is -1.45. The lowest BCUT2D eigenvalue weighted by atomic mass is 10.2. The molecule has 0 atom stereocenters. The third-order valence-electron chi connectivity index (χ3n) is 2.24. The zero-order valence-corrected chi connectivity index (χ0v) is 12.1. The SMILES string of the molecule is CN(C)/C=N/c1sc2c(F)ccc(Br)c2c1C#N. The highest BCUT2D eigenvalue weighted by atomic mass is 79.9. The highest BCUT2D eigenvalue weighted by Gasteiger charge is 2.16. The first kappa shape index (κ1) is 13.0. The van der Waals surface area contributed by atoms with E-state index in [1.807, 2.05) is 14.1 Å². The summed E-state index contributed by atoms with van der Waals surface area (Å²) in [6.07, 6.45) is 1.59. The number of halogens is 2. The molecule has 0 fully saturated rings. The van der Waals surface area contributed by atoms with Crippen molar-refractivity contribution in [2.24, 2.45) is 4.99 Å². The van der Waals surface area contributed by atoms with Gasteiger partial charge in [-0.05, 0) is 12.1 Å². The number of nitriles is 1. The maximum atomic E-state index is 13.7. The predicted molar refractivity (Wildman–Crippen MR) is 76.0 cm³/mol. The second-order valence-corrected chi connectivity index (χ2v) is 5.69. The van der Waals surface area contributed by atoms with Crippen molar-refractivity contribution in [3.63, 3.8) is 0 Å². The number of hydrogen-bond acceptors (Lipinski definition) is 3. The molecular weight excluding hydrogens is 317 g/mol. The Morgan fingerprint density at radius 3 is 2.83 bits per heavy atom. The van der Waals surface area contributed by atoms with Crippen molar-refractivity contribution in [2.75, 3.05) is 14.1 Å². The van der Waals surface area contributed by atoms with Gasteiger partial charge in [0.25, 0.3) is 0 Å². The Kier molecular flexibility index (Phi) is 3.64. The van der Waals surface area contributed by atoms with Crippen LogP contribution in [-0.2, 0) is 0 Å². The van der Waals surface area contributed by atoms with Gasteiger partial charge in [-0.25, -0.2) is 9.38 Å². The molecule has 6 heteroatoms. The molecule has 0 saturated heterocycles. The Morgan fingerprint density at radius 2 is 2.22 bits per heavy atom. The second-order valence-electron chi connectivity index (χ2n) is 3.84. The van der Waals surface area contributed by atoms with Crippen molar-refractivity contribution in [2.45, 2.75) is 0 Å². The Morgan fingerprint density at radius 1 is 1.50 bits per heavy atom. The third-order valence-corrected chi connectivity index (χ3v) is 4.01. The van der Waals surface area contributed by atoms with Crippen molar-refractivity contribution in [3.05, 3.63) is 28.0 Å². The zero-order valence-electron chi connectivity index (χ0n) is 9.74. The summed E-state index contributed by atoms with van der Waals surface area (Å²) >= 11 is 4.52. The van der Waals surface area contributed by atoms with Crippen LogP contribution in [0.2, 0.25) is 0 Å². The van der Waals surface area contributed by atoms with Crippen LogP contribution in [0.3, 0.4) is 0 Å². The minimum atomic E-state index is -0.332. The largest absolute Gasteiger partial charge is 0.369 e. The molecule has 0 saturated carbocycles. The summed E-state index contributed by atoms with van der Waals surface area (Å²) in [6, 6.07) is 5.07. The molecule has 1 heterocycles. The van der Waals surface area contributed by atoms with Crippen molar-refractivity contribution >= 4 is 48.7 Å². The van der Waals surface area contributed by atoms with Crippen LogP contribution in [-0.4, -0.2) is 25.3 Å². The Labute approximate surface area is 116 Å². The minimum Gasteiger partial charge on any atom is -0.369 e. The van der Waals surface area contributed by atoms with Crippen molar-refractivity contribution in [1.29, 1.82) is 5.26 Å². The number of fused-ring (bicyclic) bond motifs is 1. The van der Waals surface area contributed by atoms with Gasteiger partial charge in [0, 0.05) is 24.0 Å². The molecule has 0 N–H and O–H groups in total. The third kappa shape index (κ3) is 2.24. The molecule has 0 bridgehead atoms. The molecule has 0 unspecified atom stereocenters. The van der Waals surface area contributed by atoms with E-state index >= 15 is 0 Å². The van der Waals surface area contributed by atoms with E-state index < -0.39 is 0 Å². The van der Waals surface area contributed by atoms with Gasteiger partial charge in [0.05, 0.1) is 16.6 Å². The molecular formula is C12H9BrFN3S. The number of thiophene rings is 1. The summed E-state index contributed by atoms with van der Waals surface area (Å²) in [7, 11) is 3.67. The summed E-state index contributed by atoms with van der Waals surface area (Å²) in [5.41, 5.74) is 0.402. The average Bonchev–Trinajstić information content (AvgIpc) is 2.71. The standard InChI is InChI=1S/C12H9BrFN3S/c1-17(2)6-16-12-7(5-15)10-8(13)3-4-9(14)11(10)18-12/h3-4,6H,1-2H3/b16-6+. The van der Waals surface area contributed by atoms with E-state index in [-0.39, 0.29) is 5.82 Å². The molecule has 0 radical (unpaired) electrons. The van der Waals surface area contributed by atoms with Gasteiger partial charge in [-0.1, -0.05) is 15.9 Å². The first-order valence-electron chi connectivity index (χ1n) is 5.05. The molecule has 0 aliphatic heterocycles. The fourth-order valence-electron chi connectivity index (χ4n) is 1.48. The number of hydrogen-bond donors (Lipinski definition) is 0. The van der Waals surface area contributed by atoms with E-state index in [1.165, 1.54) is 17.4 Å². The van der Waals surface area contributed by atoms with Gasteiger partial charge >= 0.3 is 0 Å². The smallest absolute Gasteiger partial charge is 0.141 e. The van der Waals surface area contributed by atoms with Gasteiger partial charge in [0.1, 0.15) is 16.9 Å². The minimum absolute atomic E-state index is 0.332. The monoisotopic (exact) mass is 325 g/mol. The fourth-order valence-corrected chi connectivity index (χ4v) is 3.17. The summed E-state index contributed by atoms with van der Waals surface area (Å²) in [5, 5.41) is 10.3. The number of benzene rings is 1. The average molecular weight is 326 g/mol. The summed E-state index contributed by atoms with van der Waals surface area (Å²) in [6.45, 7) is 0. The highest BCUT2D eigenvalue weighted by Crippen LogP contribution is 2.41. The topological polar surface area (TPSA) is 39.4 Å². The molecule has 2 rings (SSSR count). The molecule has 0 aliphatic rings. The maximum absolute atomic E-state index is 13.7. The van der Waals surface area contributed by atoms with Crippen molar-refractivity contribution < 1.29 is 4.39 Å². The van der Waals surface area contributed by atoms with Gasteiger partial charge in [-0.15, -0.1) is 11.3 Å². The van der Waals surface area contributed by atoms with Gasteiger partial charge in [-0.3, -0.25) is 0 Å². The van der Waals surface area contributed by atoms with E-state index in [0.717, 1.165) is 0 Å². The van der Waals surface area contributed by atoms with E-state index in [4.69, 9.17) is 0 Å². The molecule has 2 aromatic rings. The lowest BCUT2D eigenvalue weighted by Crippen LogP contribution is -2.06. The van der Waals surface area contributed by atoms with E-state index in [0.29, 0.717) is 25.1 Å². The maximum Gasteiger partial charge on any atom is 0.141 e. The van der Waals surface area contributed by atoms with Crippen LogP contribution in [0, 0.1) is 17.1 Å². The van der Waals surface area contributed by atoms with E-state index in [1.54, 1.807) is 17.3 Å². The van der Waals surface area contributed by atoms with Crippen LogP contribution < -0.4 is 0 Å². The van der Waals surface area contributed by atoms with Crippen molar-refractivity contribution in [3.8, 4) is 6.07 Å². The normalized spacial score (nSPS) is 11.1. The zero-order chi connectivity index (χ0) is 13.3. The molecule has 0 aliphatic carbocycles. The summed E-state index contributed by atoms with van der Waals surface area (Å²) < 4.78 is 14.9. The molecule has 1 aromatic heterocycles. The van der Waals surface area contributed by atoms with Crippen LogP contribution in [0.4, 0.5) is 9.39 Å². The van der Waals surface area contributed by atoms with Gasteiger partial charge in [0.2, 0.25) is 0 Å². The van der Waals surface area contributed by atoms with E-state index in [9.17, 15) is 9.65 Å². The van der Waals surface area contributed by atoms with E-state index in [2.05, 4.69) is 27.0 Å². The lowest BCUT2D eigenvalue weighted by molar-refractivity contribution is 0.641. The predicted octanol–water partition coefficient (Wildman–Crippen LogP) is 3.90. The Balaban J connectivity index is 2.74. The van der Waals surface area contributed by atoms with Gasteiger partial charge in [0.15, 0.2) is 0 Å². The number of rotatable bonds is 2. The van der Waals surface area contributed by atoms with Gasteiger partial charge < -0.3 is 4.90 Å². The quantitative estimate of drug-likeness (QED) is 0.620. The number of nitrogens with zero attached hydrogens (tertiary/aromatic N) is 3. The van der Waals surface area contributed by atoms with Crippen molar-refractivity contribution in [1.82, 2.24) is 4.90 Å². The second kappa shape index (κ2) is 5.04.